The molecule has 0 fully saturated rings. The number of ether oxygens (including phenoxy) is 2. The van der Waals surface area contributed by atoms with E-state index in [2.05, 4.69) is 15.5 Å². The quantitative estimate of drug-likeness (QED) is 0.667. The van der Waals surface area contributed by atoms with Gasteiger partial charge in [-0.2, -0.15) is 4.98 Å². The lowest BCUT2D eigenvalue weighted by molar-refractivity contribution is -0.123. The number of hydrogen-bond donors (Lipinski definition) is 1. The van der Waals surface area contributed by atoms with Crippen molar-refractivity contribution >= 4 is 5.91 Å². The van der Waals surface area contributed by atoms with Crippen molar-refractivity contribution in [3.63, 3.8) is 0 Å². The van der Waals surface area contributed by atoms with Gasteiger partial charge in [0.25, 0.3) is 5.91 Å². The number of carbonyl (C=O) groups is 1. The van der Waals surface area contributed by atoms with Crippen molar-refractivity contribution in [2.45, 2.75) is 13.0 Å². The summed E-state index contributed by atoms with van der Waals surface area (Å²) in [7, 11) is 1.55. The first-order valence-corrected chi connectivity index (χ1v) is 8.31. The molecule has 0 unspecified atom stereocenters. The molecule has 0 aliphatic heterocycles. The van der Waals surface area contributed by atoms with Gasteiger partial charge in [-0.25, -0.2) is 8.78 Å². The monoisotopic (exact) mass is 389 g/mol. The fraction of sp³-hybridized carbons (Fsp3) is 0.211. The van der Waals surface area contributed by atoms with Crippen LogP contribution in [0.1, 0.15) is 18.9 Å². The number of halogens is 2. The van der Waals surface area contributed by atoms with Crippen LogP contribution in [0.4, 0.5) is 8.78 Å². The van der Waals surface area contributed by atoms with E-state index in [0.29, 0.717) is 23.2 Å². The Kier molecular flexibility index (Phi) is 5.83. The highest BCUT2D eigenvalue weighted by atomic mass is 19.1. The van der Waals surface area contributed by atoms with Crippen LogP contribution in [0.2, 0.25) is 0 Å². The van der Waals surface area contributed by atoms with Crippen LogP contribution in [-0.2, 0) is 4.79 Å². The SMILES string of the molecule is COc1cccc(-c2noc([C@@H](C)NC(=O)COc3ccc(F)cc3F)n2)c1. The summed E-state index contributed by atoms with van der Waals surface area (Å²) in [4.78, 5) is 16.3. The first kappa shape index (κ1) is 19.3. The molecule has 1 amide bonds. The fourth-order valence-corrected chi connectivity index (χ4v) is 2.37. The molecule has 1 N–H and O–H groups in total. The van der Waals surface area contributed by atoms with Crippen molar-refractivity contribution in [1.82, 2.24) is 15.5 Å². The van der Waals surface area contributed by atoms with Gasteiger partial charge in [-0.05, 0) is 31.2 Å². The smallest absolute Gasteiger partial charge is 0.258 e. The molecule has 0 saturated carbocycles. The van der Waals surface area contributed by atoms with E-state index in [1.54, 1.807) is 38.3 Å². The van der Waals surface area contributed by atoms with Crippen LogP contribution in [0, 0.1) is 11.6 Å². The summed E-state index contributed by atoms with van der Waals surface area (Å²) in [6, 6.07) is 9.36. The van der Waals surface area contributed by atoms with Crippen molar-refractivity contribution in [2.24, 2.45) is 0 Å². The first-order chi connectivity index (χ1) is 13.5. The van der Waals surface area contributed by atoms with Crippen LogP contribution in [0.25, 0.3) is 11.4 Å². The highest BCUT2D eigenvalue weighted by Crippen LogP contribution is 2.23. The highest BCUT2D eigenvalue weighted by Gasteiger charge is 2.18. The topological polar surface area (TPSA) is 86.5 Å². The summed E-state index contributed by atoms with van der Waals surface area (Å²) in [6.07, 6.45) is 0. The minimum Gasteiger partial charge on any atom is -0.497 e. The number of methoxy groups -OCH3 is 1. The zero-order valence-electron chi connectivity index (χ0n) is 15.1. The molecule has 0 radical (unpaired) electrons. The lowest BCUT2D eigenvalue weighted by Gasteiger charge is -2.11. The Balaban J connectivity index is 1.59. The average Bonchev–Trinajstić information content (AvgIpc) is 3.18. The second-order valence-corrected chi connectivity index (χ2v) is 5.84. The number of aromatic nitrogens is 2. The summed E-state index contributed by atoms with van der Waals surface area (Å²) in [6.45, 7) is 1.20. The van der Waals surface area contributed by atoms with Crippen molar-refractivity contribution in [2.75, 3.05) is 13.7 Å². The zero-order valence-corrected chi connectivity index (χ0v) is 15.1. The van der Waals surface area contributed by atoms with Crippen molar-refractivity contribution in [1.29, 1.82) is 0 Å². The molecule has 1 heterocycles. The second kappa shape index (κ2) is 8.47. The minimum absolute atomic E-state index is 0.194. The molecule has 0 bridgehead atoms. The molecule has 0 spiro atoms. The molecule has 0 aliphatic rings. The van der Waals surface area contributed by atoms with E-state index in [9.17, 15) is 13.6 Å². The third-order valence-electron chi connectivity index (χ3n) is 3.77. The summed E-state index contributed by atoms with van der Waals surface area (Å²) in [5.41, 5.74) is 0.697. The molecule has 2 aromatic carbocycles. The predicted octanol–water partition coefficient (Wildman–Crippen LogP) is 3.28. The number of nitrogens with zero attached hydrogens (tertiary/aromatic N) is 2. The molecule has 3 aromatic rings. The van der Waals surface area contributed by atoms with Gasteiger partial charge in [-0.3, -0.25) is 4.79 Å². The maximum atomic E-state index is 13.5. The Morgan fingerprint density at radius 1 is 1.25 bits per heavy atom. The number of carbonyl (C=O) groups excluding carboxylic acids is 1. The third-order valence-corrected chi connectivity index (χ3v) is 3.77. The van der Waals surface area contributed by atoms with Gasteiger partial charge in [0.2, 0.25) is 11.7 Å². The summed E-state index contributed by atoms with van der Waals surface area (Å²) in [5.74, 6) is -1.18. The first-order valence-electron chi connectivity index (χ1n) is 8.31. The molecular weight excluding hydrogens is 372 g/mol. The summed E-state index contributed by atoms with van der Waals surface area (Å²) >= 11 is 0. The highest BCUT2D eigenvalue weighted by molar-refractivity contribution is 5.77. The largest absolute Gasteiger partial charge is 0.497 e. The number of rotatable bonds is 7. The van der Waals surface area contributed by atoms with E-state index < -0.39 is 30.2 Å². The molecule has 0 aliphatic carbocycles. The maximum absolute atomic E-state index is 13.5. The van der Waals surface area contributed by atoms with E-state index in [0.717, 1.165) is 12.1 Å². The fourth-order valence-electron chi connectivity index (χ4n) is 2.37. The Bertz CT molecular complexity index is 977. The van der Waals surface area contributed by atoms with E-state index in [1.807, 2.05) is 0 Å². The van der Waals surface area contributed by atoms with Crippen molar-refractivity contribution < 1.29 is 27.6 Å². The predicted molar refractivity (Wildman–Crippen MR) is 94.7 cm³/mol. The van der Waals surface area contributed by atoms with Gasteiger partial charge >= 0.3 is 0 Å². The lowest BCUT2D eigenvalue weighted by atomic mass is 10.2. The molecule has 9 heteroatoms. The Morgan fingerprint density at radius 3 is 2.82 bits per heavy atom. The molecule has 1 atom stereocenters. The Morgan fingerprint density at radius 2 is 2.07 bits per heavy atom. The van der Waals surface area contributed by atoms with E-state index in [4.69, 9.17) is 14.0 Å². The van der Waals surface area contributed by atoms with Crippen LogP contribution in [0.5, 0.6) is 11.5 Å². The average molecular weight is 389 g/mol. The number of hydrogen-bond acceptors (Lipinski definition) is 6. The van der Waals surface area contributed by atoms with Gasteiger partial charge in [-0.1, -0.05) is 17.3 Å². The lowest BCUT2D eigenvalue weighted by Crippen LogP contribution is -2.31. The molecule has 28 heavy (non-hydrogen) atoms. The van der Waals surface area contributed by atoms with Crippen LogP contribution >= 0.6 is 0 Å². The van der Waals surface area contributed by atoms with Gasteiger partial charge < -0.3 is 19.3 Å². The van der Waals surface area contributed by atoms with E-state index in [1.165, 1.54) is 0 Å². The number of nitrogens with one attached hydrogen (secondary N) is 1. The molecule has 3 rings (SSSR count). The van der Waals surface area contributed by atoms with Gasteiger partial charge in [-0.15, -0.1) is 0 Å². The van der Waals surface area contributed by atoms with Gasteiger partial charge in [0.05, 0.1) is 7.11 Å². The van der Waals surface area contributed by atoms with Gasteiger partial charge in [0.15, 0.2) is 18.2 Å². The second-order valence-electron chi connectivity index (χ2n) is 5.84. The molecule has 7 nitrogen and oxygen atoms in total. The number of benzene rings is 2. The molecule has 1 aromatic heterocycles. The van der Waals surface area contributed by atoms with Crippen LogP contribution in [-0.4, -0.2) is 29.8 Å². The third kappa shape index (κ3) is 4.61. The van der Waals surface area contributed by atoms with Crippen molar-refractivity contribution in [3.05, 3.63) is 60.0 Å². The van der Waals surface area contributed by atoms with Crippen molar-refractivity contribution in [3.8, 4) is 22.9 Å². The summed E-state index contributed by atoms with van der Waals surface area (Å²) in [5, 5.41) is 6.50. The van der Waals surface area contributed by atoms with Crippen LogP contribution in [0.3, 0.4) is 0 Å². The van der Waals surface area contributed by atoms with E-state index in [-0.39, 0.29) is 11.6 Å². The summed E-state index contributed by atoms with van der Waals surface area (Å²) < 4.78 is 41.8. The normalized spacial score (nSPS) is 11.7. The minimum atomic E-state index is -0.888. The van der Waals surface area contributed by atoms with Gasteiger partial charge in [0.1, 0.15) is 17.6 Å². The van der Waals surface area contributed by atoms with E-state index >= 15 is 0 Å². The standard InChI is InChI=1S/C19H17F2N3O4/c1-11(22-17(25)10-27-16-7-6-13(20)9-15(16)21)19-23-18(24-28-19)12-4-3-5-14(8-12)26-2/h3-9,11H,10H2,1-2H3,(H,22,25)/t11-/m1/s1. The van der Waals surface area contributed by atoms with Crippen LogP contribution < -0.4 is 14.8 Å². The maximum Gasteiger partial charge on any atom is 0.258 e. The van der Waals surface area contributed by atoms with Crippen LogP contribution in [0.15, 0.2) is 47.0 Å². The zero-order chi connectivity index (χ0) is 20.1. The molecule has 0 saturated heterocycles. The van der Waals surface area contributed by atoms with Gasteiger partial charge in [0, 0.05) is 11.6 Å². The number of amides is 1. The molecular formula is C19H17F2N3O4. The molecule has 146 valence electrons. The Hall–Kier alpha value is -3.49. The Labute approximate surface area is 159 Å².